The molecule has 0 amide bonds. The number of methoxy groups -OCH3 is 2. The van der Waals surface area contributed by atoms with E-state index in [1.54, 1.807) is 0 Å². The molecule has 0 heterocycles. The SMILES string of the molecule is COc1ccc(F)c(C(=O)[O-])c1OC. The van der Waals surface area contributed by atoms with E-state index >= 15 is 0 Å². The molecule has 0 bridgehead atoms. The summed E-state index contributed by atoms with van der Waals surface area (Å²) in [5.74, 6) is -2.58. The molecule has 0 fully saturated rings. The molecule has 1 aromatic rings. The summed E-state index contributed by atoms with van der Waals surface area (Å²) in [7, 11) is 2.55. The molecule has 14 heavy (non-hydrogen) atoms. The molecule has 0 saturated carbocycles. The third-order valence-corrected chi connectivity index (χ3v) is 1.70. The van der Waals surface area contributed by atoms with Crippen molar-refractivity contribution >= 4 is 5.97 Å². The van der Waals surface area contributed by atoms with Crippen molar-refractivity contribution in [3.05, 3.63) is 23.5 Å². The zero-order valence-electron chi connectivity index (χ0n) is 7.67. The van der Waals surface area contributed by atoms with Crippen LogP contribution in [-0.2, 0) is 0 Å². The average Bonchev–Trinajstić information content (AvgIpc) is 2.16. The zero-order chi connectivity index (χ0) is 10.7. The molecule has 1 rings (SSSR count). The van der Waals surface area contributed by atoms with E-state index in [0.29, 0.717) is 0 Å². The third kappa shape index (κ3) is 1.61. The van der Waals surface area contributed by atoms with E-state index < -0.39 is 17.3 Å². The van der Waals surface area contributed by atoms with E-state index in [2.05, 4.69) is 0 Å². The summed E-state index contributed by atoms with van der Waals surface area (Å²) >= 11 is 0. The van der Waals surface area contributed by atoms with Crippen LogP contribution in [0, 0.1) is 5.82 Å². The van der Waals surface area contributed by atoms with Crippen molar-refractivity contribution in [3.63, 3.8) is 0 Å². The fourth-order valence-electron chi connectivity index (χ4n) is 1.09. The van der Waals surface area contributed by atoms with Gasteiger partial charge < -0.3 is 19.4 Å². The molecule has 0 N–H and O–H groups in total. The van der Waals surface area contributed by atoms with Crippen LogP contribution in [0.5, 0.6) is 11.5 Å². The van der Waals surface area contributed by atoms with Crippen LogP contribution in [-0.4, -0.2) is 20.2 Å². The highest BCUT2D eigenvalue weighted by Crippen LogP contribution is 2.32. The summed E-state index contributed by atoms with van der Waals surface area (Å²) in [6.45, 7) is 0. The molecule has 0 aliphatic carbocycles. The normalized spacial score (nSPS) is 9.64. The van der Waals surface area contributed by atoms with Crippen LogP contribution in [0.3, 0.4) is 0 Å². The smallest absolute Gasteiger partial charge is 0.172 e. The van der Waals surface area contributed by atoms with E-state index in [9.17, 15) is 14.3 Å². The van der Waals surface area contributed by atoms with E-state index in [-0.39, 0.29) is 11.5 Å². The minimum absolute atomic E-state index is 0.146. The summed E-state index contributed by atoms with van der Waals surface area (Å²) in [6, 6.07) is 2.26. The van der Waals surface area contributed by atoms with Gasteiger partial charge in [0.2, 0.25) is 0 Å². The standard InChI is InChI=1S/C9H9FO4/c1-13-6-4-3-5(10)7(9(11)12)8(6)14-2/h3-4H,1-2H3,(H,11,12)/p-1. The van der Waals surface area contributed by atoms with Crippen LogP contribution < -0.4 is 14.6 Å². The van der Waals surface area contributed by atoms with E-state index in [4.69, 9.17) is 9.47 Å². The first-order valence-corrected chi connectivity index (χ1v) is 3.73. The van der Waals surface area contributed by atoms with Crippen LogP contribution in [0.15, 0.2) is 12.1 Å². The number of carboxylic acid groups (broad SMARTS) is 1. The number of aromatic carboxylic acids is 1. The summed E-state index contributed by atoms with van der Waals surface area (Å²) in [4.78, 5) is 10.6. The van der Waals surface area contributed by atoms with E-state index in [1.807, 2.05) is 0 Å². The Hall–Kier alpha value is -1.78. The topological polar surface area (TPSA) is 58.6 Å². The van der Waals surface area contributed by atoms with Gasteiger partial charge in [0.25, 0.3) is 0 Å². The molecule has 5 heteroatoms. The van der Waals surface area contributed by atoms with Crippen molar-refractivity contribution in [2.24, 2.45) is 0 Å². The zero-order valence-corrected chi connectivity index (χ0v) is 7.67. The molecule has 0 saturated heterocycles. The van der Waals surface area contributed by atoms with Gasteiger partial charge in [-0.15, -0.1) is 0 Å². The predicted octanol–water partition coefficient (Wildman–Crippen LogP) is 0.206. The Morgan fingerprint density at radius 2 is 2.00 bits per heavy atom. The van der Waals surface area contributed by atoms with Gasteiger partial charge in [-0.25, -0.2) is 4.39 Å². The third-order valence-electron chi connectivity index (χ3n) is 1.70. The Kier molecular flexibility index (Phi) is 2.91. The monoisotopic (exact) mass is 199 g/mol. The van der Waals surface area contributed by atoms with Gasteiger partial charge in [0.15, 0.2) is 11.5 Å². The van der Waals surface area contributed by atoms with Crippen LogP contribution in [0.4, 0.5) is 4.39 Å². The molecule has 76 valence electrons. The number of rotatable bonds is 3. The van der Waals surface area contributed by atoms with Gasteiger partial charge in [0, 0.05) is 0 Å². The van der Waals surface area contributed by atoms with E-state index in [0.717, 1.165) is 6.07 Å². The van der Waals surface area contributed by atoms with Gasteiger partial charge in [0.05, 0.1) is 25.8 Å². The first-order valence-electron chi connectivity index (χ1n) is 3.73. The Morgan fingerprint density at radius 1 is 1.36 bits per heavy atom. The van der Waals surface area contributed by atoms with Gasteiger partial charge in [-0.2, -0.15) is 0 Å². The maximum atomic E-state index is 13.0. The van der Waals surface area contributed by atoms with Crippen LogP contribution >= 0.6 is 0 Å². The maximum Gasteiger partial charge on any atom is 0.172 e. The molecule has 4 nitrogen and oxygen atoms in total. The highest BCUT2D eigenvalue weighted by atomic mass is 19.1. The number of ether oxygens (including phenoxy) is 2. The van der Waals surface area contributed by atoms with Crippen molar-refractivity contribution in [2.75, 3.05) is 14.2 Å². The largest absolute Gasteiger partial charge is 0.545 e. The lowest BCUT2D eigenvalue weighted by Gasteiger charge is -2.13. The van der Waals surface area contributed by atoms with Crippen molar-refractivity contribution in [1.29, 1.82) is 0 Å². The lowest BCUT2D eigenvalue weighted by molar-refractivity contribution is -0.255. The van der Waals surface area contributed by atoms with E-state index in [1.165, 1.54) is 20.3 Å². The molecule has 0 atom stereocenters. The fourth-order valence-corrected chi connectivity index (χ4v) is 1.09. The first kappa shape index (κ1) is 10.3. The fraction of sp³-hybridized carbons (Fsp3) is 0.222. The van der Waals surface area contributed by atoms with Crippen LogP contribution in [0.25, 0.3) is 0 Å². The molecule has 0 radical (unpaired) electrons. The van der Waals surface area contributed by atoms with Gasteiger partial charge >= 0.3 is 0 Å². The summed E-state index contributed by atoms with van der Waals surface area (Å²) in [5, 5.41) is 10.6. The second kappa shape index (κ2) is 3.95. The number of benzene rings is 1. The average molecular weight is 199 g/mol. The summed E-state index contributed by atoms with van der Waals surface area (Å²) in [6.07, 6.45) is 0. The van der Waals surface area contributed by atoms with Gasteiger partial charge in [-0.05, 0) is 12.1 Å². The number of halogens is 1. The minimum atomic E-state index is -1.64. The predicted molar refractivity (Wildman–Crippen MR) is 43.8 cm³/mol. The molecule has 0 aliphatic rings. The molecule has 0 spiro atoms. The Labute approximate surface area is 79.9 Å². The Bertz CT molecular complexity index is 362. The number of hydrogen-bond acceptors (Lipinski definition) is 4. The molecular weight excluding hydrogens is 191 g/mol. The molecule has 0 aliphatic heterocycles. The molecule has 0 aromatic heterocycles. The molecule has 1 aromatic carbocycles. The molecule has 0 unspecified atom stereocenters. The Balaban J connectivity index is 3.42. The number of carbonyl (C=O) groups excluding carboxylic acids is 1. The number of hydrogen-bond donors (Lipinski definition) is 0. The lowest BCUT2D eigenvalue weighted by Crippen LogP contribution is -2.24. The van der Waals surface area contributed by atoms with Crippen LogP contribution in [0.1, 0.15) is 10.4 Å². The summed E-state index contributed by atoms with van der Waals surface area (Å²) in [5.41, 5.74) is -0.633. The second-order valence-corrected chi connectivity index (χ2v) is 2.45. The van der Waals surface area contributed by atoms with Crippen molar-refractivity contribution in [3.8, 4) is 11.5 Å². The van der Waals surface area contributed by atoms with Crippen LogP contribution in [0.2, 0.25) is 0 Å². The second-order valence-electron chi connectivity index (χ2n) is 2.45. The number of carboxylic acids is 1. The highest BCUT2D eigenvalue weighted by molar-refractivity contribution is 5.90. The van der Waals surface area contributed by atoms with Crippen molar-refractivity contribution in [2.45, 2.75) is 0 Å². The van der Waals surface area contributed by atoms with Crippen molar-refractivity contribution < 1.29 is 23.8 Å². The maximum absolute atomic E-state index is 13.0. The van der Waals surface area contributed by atoms with Gasteiger partial charge in [-0.1, -0.05) is 0 Å². The first-order chi connectivity index (χ1) is 6.61. The summed E-state index contributed by atoms with van der Waals surface area (Å²) < 4.78 is 22.6. The quantitative estimate of drug-likeness (QED) is 0.698. The Morgan fingerprint density at radius 3 is 2.43 bits per heavy atom. The van der Waals surface area contributed by atoms with Crippen molar-refractivity contribution in [1.82, 2.24) is 0 Å². The number of carbonyl (C=O) groups is 1. The van der Waals surface area contributed by atoms with Gasteiger partial charge in [0.1, 0.15) is 5.82 Å². The lowest BCUT2D eigenvalue weighted by atomic mass is 10.1. The highest BCUT2D eigenvalue weighted by Gasteiger charge is 2.15. The molecular formula is C9H8FO4-. The van der Waals surface area contributed by atoms with Gasteiger partial charge in [-0.3, -0.25) is 0 Å². The minimum Gasteiger partial charge on any atom is -0.545 e.